The minimum atomic E-state index is -0.886. The Balaban J connectivity index is 1.79. The van der Waals surface area contributed by atoms with Crippen LogP contribution in [0.4, 0.5) is 8.78 Å². The molecule has 1 aliphatic heterocycles. The van der Waals surface area contributed by atoms with Crippen LogP contribution in [0.5, 0.6) is 0 Å². The maximum absolute atomic E-state index is 14.6. The van der Waals surface area contributed by atoms with Crippen molar-refractivity contribution in [3.8, 4) is 5.69 Å². The monoisotopic (exact) mass is 431 g/mol. The second-order valence-electron chi connectivity index (χ2n) is 6.85. The summed E-state index contributed by atoms with van der Waals surface area (Å²) in [5.74, 6) is -1.75. The lowest BCUT2D eigenvalue weighted by Crippen LogP contribution is -2.44. The summed E-state index contributed by atoms with van der Waals surface area (Å²) < 4.78 is 34.4. The van der Waals surface area contributed by atoms with Crippen LogP contribution in [0.3, 0.4) is 0 Å². The Morgan fingerprint density at radius 2 is 1.90 bits per heavy atom. The minimum Gasteiger partial charge on any atom is -0.378 e. The van der Waals surface area contributed by atoms with Gasteiger partial charge in [-0.15, -0.1) is 0 Å². The van der Waals surface area contributed by atoms with Crippen molar-refractivity contribution < 1.29 is 18.3 Å². The van der Waals surface area contributed by atoms with Crippen LogP contribution in [0, 0.1) is 11.6 Å². The Morgan fingerprint density at radius 1 is 1.17 bits per heavy atom. The van der Waals surface area contributed by atoms with Gasteiger partial charge in [-0.3, -0.25) is 14.2 Å². The SMILES string of the molecule is CC(Sc1nc2ccccc2c(=O)n1-c1ccc(F)cc1F)C(=O)N1CCOCC1. The Kier molecular flexibility index (Phi) is 5.83. The number of fused-ring (bicyclic) bond motifs is 1. The summed E-state index contributed by atoms with van der Waals surface area (Å²) in [4.78, 5) is 32.2. The molecular formula is C21H19F2N3O3S. The highest BCUT2D eigenvalue weighted by Gasteiger charge is 2.26. The number of nitrogens with zero attached hydrogens (tertiary/aromatic N) is 3. The van der Waals surface area contributed by atoms with E-state index in [1.165, 1.54) is 6.07 Å². The zero-order valence-corrected chi connectivity index (χ0v) is 17.0. The van der Waals surface area contributed by atoms with Gasteiger partial charge >= 0.3 is 0 Å². The summed E-state index contributed by atoms with van der Waals surface area (Å²) in [6.07, 6.45) is 0. The number of aromatic nitrogens is 2. The quantitative estimate of drug-likeness (QED) is 0.469. The maximum atomic E-state index is 14.6. The molecule has 1 fully saturated rings. The van der Waals surface area contributed by atoms with E-state index in [4.69, 9.17) is 4.74 Å². The van der Waals surface area contributed by atoms with E-state index in [1.54, 1.807) is 36.1 Å². The summed E-state index contributed by atoms with van der Waals surface area (Å²) >= 11 is 1.07. The van der Waals surface area contributed by atoms with E-state index in [2.05, 4.69) is 4.98 Å². The number of carbonyl (C=O) groups is 1. The number of halogens is 2. The molecule has 4 rings (SSSR count). The molecule has 0 aliphatic carbocycles. The van der Waals surface area contributed by atoms with Gasteiger partial charge in [-0.25, -0.2) is 13.8 Å². The van der Waals surface area contributed by atoms with Gasteiger partial charge in [0.05, 0.1) is 35.1 Å². The van der Waals surface area contributed by atoms with Crippen molar-refractivity contribution >= 4 is 28.6 Å². The Labute approximate surface area is 175 Å². The largest absolute Gasteiger partial charge is 0.378 e. The predicted molar refractivity (Wildman–Crippen MR) is 110 cm³/mol. The molecule has 2 aromatic carbocycles. The van der Waals surface area contributed by atoms with Gasteiger partial charge in [-0.2, -0.15) is 0 Å². The van der Waals surface area contributed by atoms with Crippen molar-refractivity contribution in [2.45, 2.75) is 17.3 Å². The standard InChI is InChI=1S/C21H19F2N3O3S/c1-13(19(27)25-8-10-29-11-9-25)30-21-24-17-5-3-2-4-15(17)20(28)26(21)18-7-6-14(22)12-16(18)23/h2-7,12-13H,8-11H2,1H3. The highest BCUT2D eigenvalue weighted by Crippen LogP contribution is 2.27. The summed E-state index contributed by atoms with van der Waals surface area (Å²) in [6.45, 7) is 3.66. The van der Waals surface area contributed by atoms with Gasteiger partial charge in [0.15, 0.2) is 5.16 Å². The normalized spacial score (nSPS) is 15.4. The van der Waals surface area contributed by atoms with Gasteiger partial charge in [0.2, 0.25) is 5.91 Å². The molecule has 1 aromatic heterocycles. The van der Waals surface area contributed by atoms with Crippen LogP contribution in [-0.2, 0) is 9.53 Å². The van der Waals surface area contributed by atoms with Crippen LogP contribution in [0.2, 0.25) is 0 Å². The van der Waals surface area contributed by atoms with Crippen LogP contribution in [-0.4, -0.2) is 51.9 Å². The zero-order chi connectivity index (χ0) is 21.3. The van der Waals surface area contributed by atoms with E-state index in [9.17, 15) is 18.4 Å². The molecule has 1 unspecified atom stereocenters. The van der Waals surface area contributed by atoms with E-state index >= 15 is 0 Å². The van der Waals surface area contributed by atoms with E-state index in [-0.39, 0.29) is 16.8 Å². The van der Waals surface area contributed by atoms with Crippen LogP contribution >= 0.6 is 11.8 Å². The van der Waals surface area contributed by atoms with Gasteiger partial charge in [0.25, 0.3) is 5.56 Å². The molecule has 0 spiro atoms. The molecule has 1 aliphatic rings. The highest BCUT2D eigenvalue weighted by molar-refractivity contribution is 8.00. The molecule has 0 saturated carbocycles. The molecule has 3 aromatic rings. The number of benzene rings is 2. The number of hydrogen-bond acceptors (Lipinski definition) is 5. The molecule has 9 heteroatoms. The third kappa shape index (κ3) is 3.95. The lowest BCUT2D eigenvalue weighted by atomic mass is 10.2. The fourth-order valence-corrected chi connectivity index (χ4v) is 4.32. The highest BCUT2D eigenvalue weighted by atomic mass is 32.2. The van der Waals surface area contributed by atoms with Gasteiger partial charge in [0, 0.05) is 19.2 Å². The third-order valence-electron chi connectivity index (χ3n) is 4.85. The molecule has 6 nitrogen and oxygen atoms in total. The number of ether oxygens (including phenoxy) is 1. The topological polar surface area (TPSA) is 64.4 Å². The first-order chi connectivity index (χ1) is 14.5. The van der Waals surface area contributed by atoms with Crippen LogP contribution in [0.1, 0.15) is 6.92 Å². The Bertz CT molecular complexity index is 1160. The minimum absolute atomic E-state index is 0.114. The average Bonchev–Trinajstić information content (AvgIpc) is 2.75. The second kappa shape index (κ2) is 8.53. The molecule has 1 atom stereocenters. The lowest BCUT2D eigenvalue weighted by molar-refractivity contribution is -0.134. The van der Waals surface area contributed by atoms with Gasteiger partial charge < -0.3 is 9.64 Å². The van der Waals surface area contributed by atoms with E-state index in [1.807, 2.05) is 0 Å². The zero-order valence-electron chi connectivity index (χ0n) is 16.2. The first kappa shape index (κ1) is 20.5. The summed E-state index contributed by atoms with van der Waals surface area (Å²) in [5.41, 5.74) is -0.164. The number of thioether (sulfide) groups is 1. The molecule has 156 valence electrons. The number of hydrogen-bond donors (Lipinski definition) is 0. The van der Waals surface area contributed by atoms with Crippen molar-refractivity contribution in [3.63, 3.8) is 0 Å². The smallest absolute Gasteiger partial charge is 0.266 e. The first-order valence-electron chi connectivity index (χ1n) is 9.46. The van der Waals surface area contributed by atoms with E-state index in [0.717, 1.165) is 22.4 Å². The fourth-order valence-electron chi connectivity index (χ4n) is 3.32. The van der Waals surface area contributed by atoms with Crippen LogP contribution < -0.4 is 5.56 Å². The molecule has 1 saturated heterocycles. The lowest BCUT2D eigenvalue weighted by Gasteiger charge is -2.29. The summed E-state index contributed by atoms with van der Waals surface area (Å²) in [5, 5.41) is -0.0954. The first-order valence-corrected chi connectivity index (χ1v) is 10.3. The van der Waals surface area contributed by atoms with Crippen molar-refractivity contribution in [1.29, 1.82) is 0 Å². The molecule has 30 heavy (non-hydrogen) atoms. The molecule has 1 amide bonds. The Hall–Kier alpha value is -2.78. The predicted octanol–water partition coefficient (Wildman–Crippen LogP) is 3.00. The number of amides is 1. The molecule has 0 N–H and O–H groups in total. The second-order valence-corrected chi connectivity index (χ2v) is 8.15. The van der Waals surface area contributed by atoms with Crippen molar-refractivity contribution in [2.75, 3.05) is 26.3 Å². The summed E-state index contributed by atoms with van der Waals surface area (Å²) in [7, 11) is 0. The third-order valence-corrected chi connectivity index (χ3v) is 5.89. The Morgan fingerprint density at radius 3 is 2.63 bits per heavy atom. The van der Waals surface area contributed by atoms with Crippen LogP contribution in [0.15, 0.2) is 52.4 Å². The van der Waals surface area contributed by atoms with Gasteiger partial charge in [-0.05, 0) is 31.2 Å². The molecule has 0 radical (unpaired) electrons. The number of rotatable bonds is 4. The fraction of sp³-hybridized carbons (Fsp3) is 0.286. The molecule has 0 bridgehead atoms. The van der Waals surface area contributed by atoms with Crippen LogP contribution in [0.25, 0.3) is 16.6 Å². The van der Waals surface area contributed by atoms with Crippen molar-refractivity contribution in [1.82, 2.24) is 14.5 Å². The summed E-state index contributed by atoms with van der Waals surface area (Å²) in [6, 6.07) is 9.70. The van der Waals surface area contributed by atoms with Gasteiger partial charge in [-0.1, -0.05) is 23.9 Å². The average molecular weight is 431 g/mol. The number of morpholine rings is 1. The van der Waals surface area contributed by atoms with E-state index in [0.29, 0.717) is 43.3 Å². The van der Waals surface area contributed by atoms with Crippen molar-refractivity contribution in [3.05, 3.63) is 64.5 Å². The van der Waals surface area contributed by atoms with E-state index < -0.39 is 22.4 Å². The number of carbonyl (C=O) groups excluding carboxylic acids is 1. The molecule has 2 heterocycles. The molecular weight excluding hydrogens is 412 g/mol. The van der Waals surface area contributed by atoms with Gasteiger partial charge in [0.1, 0.15) is 11.6 Å². The maximum Gasteiger partial charge on any atom is 0.266 e. The number of para-hydroxylation sites is 1. The van der Waals surface area contributed by atoms with Crippen molar-refractivity contribution in [2.24, 2.45) is 0 Å².